The summed E-state index contributed by atoms with van der Waals surface area (Å²) in [7, 11) is 0. The number of nitrogens with zero attached hydrogens (tertiary/aromatic N) is 1. The standard InChI is InChI=1S/C26H27Cl2NO/c1-3-29(4-2)17-18-30-24-16-15-22(19-23(24)27)25(20-11-7-5-8-12-20)26(28)21-13-9-6-10-14-21/h5-16,19H,3-4,17-18H2,1-2H3/b26-25+. The molecule has 0 aromatic heterocycles. The Morgan fingerprint density at radius 2 is 1.40 bits per heavy atom. The summed E-state index contributed by atoms with van der Waals surface area (Å²) in [4.78, 5) is 2.32. The number of benzene rings is 3. The Kier molecular flexibility index (Phi) is 8.39. The van der Waals surface area contributed by atoms with Crippen LogP contribution < -0.4 is 4.74 Å². The quantitative estimate of drug-likeness (QED) is 0.326. The van der Waals surface area contributed by atoms with Crippen LogP contribution in [0.25, 0.3) is 10.6 Å². The van der Waals surface area contributed by atoms with E-state index in [1.165, 1.54) is 0 Å². The first-order chi connectivity index (χ1) is 14.6. The number of likely N-dealkylation sites (N-methyl/N-ethyl adjacent to an activating group) is 1. The molecule has 3 aromatic carbocycles. The zero-order valence-corrected chi connectivity index (χ0v) is 19.0. The first kappa shape index (κ1) is 22.4. The minimum atomic E-state index is 0.581. The Labute approximate surface area is 189 Å². The SMILES string of the molecule is CCN(CC)CCOc1ccc(/C(=C(/Cl)c2ccccc2)c2ccccc2)cc1Cl. The van der Waals surface area contributed by atoms with E-state index in [4.69, 9.17) is 27.9 Å². The van der Waals surface area contributed by atoms with E-state index < -0.39 is 0 Å². The Bertz CT molecular complexity index is 967. The highest BCUT2D eigenvalue weighted by Crippen LogP contribution is 2.37. The molecule has 0 heterocycles. The van der Waals surface area contributed by atoms with Crippen molar-refractivity contribution >= 4 is 33.8 Å². The Morgan fingerprint density at radius 3 is 1.97 bits per heavy atom. The summed E-state index contributed by atoms with van der Waals surface area (Å²) in [6.07, 6.45) is 0. The van der Waals surface area contributed by atoms with Gasteiger partial charge in [-0.15, -0.1) is 0 Å². The molecule has 0 aliphatic heterocycles. The molecule has 30 heavy (non-hydrogen) atoms. The highest BCUT2D eigenvalue weighted by molar-refractivity contribution is 6.53. The second-order valence-corrected chi connectivity index (χ2v) is 7.73. The number of rotatable bonds is 9. The lowest BCUT2D eigenvalue weighted by Gasteiger charge is -2.19. The van der Waals surface area contributed by atoms with Crippen LogP contribution in [0.4, 0.5) is 0 Å². The topological polar surface area (TPSA) is 12.5 Å². The molecule has 0 fully saturated rings. The maximum absolute atomic E-state index is 6.88. The van der Waals surface area contributed by atoms with Gasteiger partial charge >= 0.3 is 0 Å². The molecule has 0 radical (unpaired) electrons. The molecule has 4 heteroatoms. The highest BCUT2D eigenvalue weighted by atomic mass is 35.5. The van der Waals surface area contributed by atoms with Crippen molar-refractivity contribution in [3.05, 3.63) is 101 Å². The van der Waals surface area contributed by atoms with Crippen LogP contribution in [0.3, 0.4) is 0 Å². The van der Waals surface area contributed by atoms with Crippen LogP contribution >= 0.6 is 23.2 Å². The average Bonchev–Trinajstić information content (AvgIpc) is 2.79. The summed E-state index contributed by atoms with van der Waals surface area (Å²) in [6.45, 7) is 7.80. The Balaban J connectivity index is 1.93. The van der Waals surface area contributed by atoms with Gasteiger partial charge in [0, 0.05) is 12.1 Å². The summed E-state index contributed by atoms with van der Waals surface area (Å²) >= 11 is 13.5. The number of hydrogen-bond acceptors (Lipinski definition) is 2. The fraction of sp³-hybridized carbons (Fsp3) is 0.231. The lowest BCUT2D eigenvalue weighted by molar-refractivity contribution is 0.223. The first-order valence-electron chi connectivity index (χ1n) is 10.3. The molecule has 0 unspecified atom stereocenters. The summed E-state index contributed by atoms with van der Waals surface area (Å²) < 4.78 is 5.93. The van der Waals surface area contributed by atoms with E-state index in [1.807, 2.05) is 66.7 Å². The van der Waals surface area contributed by atoms with Crippen molar-refractivity contribution in [3.63, 3.8) is 0 Å². The van der Waals surface area contributed by atoms with E-state index in [0.29, 0.717) is 22.4 Å². The van der Waals surface area contributed by atoms with Gasteiger partial charge in [-0.1, -0.05) is 104 Å². The molecule has 0 N–H and O–H groups in total. The van der Waals surface area contributed by atoms with Gasteiger partial charge in [-0.25, -0.2) is 0 Å². The number of halogens is 2. The van der Waals surface area contributed by atoms with Gasteiger partial charge in [-0.3, -0.25) is 0 Å². The number of ether oxygens (including phenoxy) is 1. The summed E-state index contributed by atoms with van der Waals surface area (Å²) in [6, 6.07) is 26.0. The van der Waals surface area contributed by atoms with Gasteiger partial charge in [0.25, 0.3) is 0 Å². The molecule has 2 nitrogen and oxygen atoms in total. The van der Waals surface area contributed by atoms with Crippen LogP contribution in [0.5, 0.6) is 5.75 Å². The Hall–Kier alpha value is -2.26. The third kappa shape index (κ3) is 5.66. The average molecular weight is 440 g/mol. The Morgan fingerprint density at radius 1 is 0.800 bits per heavy atom. The van der Waals surface area contributed by atoms with Gasteiger partial charge in [0.1, 0.15) is 12.4 Å². The van der Waals surface area contributed by atoms with Crippen molar-refractivity contribution in [1.82, 2.24) is 4.90 Å². The van der Waals surface area contributed by atoms with Gasteiger partial charge in [0.15, 0.2) is 0 Å². The zero-order chi connectivity index (χ0) is 21.3. The maximum Gasteiger partial charge on any atom is 0.137 e. The second kappa shape index (κ2) is 11.2. The van der Waals surface area contributed by atoms with Gasteiger partial charge in [-0.05, 0) is 41.9 Å². The van der Waals surface area contributed by atoms with E-state index in [-0.39, 0.29) is 0 Å². The van der Waals surface area contributed by atoms with Gasteiger partial charge in [0.2, 0.25) is 0 Å². The molecule has 0 atom stereocenters. The molecule has 0 spiro atoms. The molecule has 0 aliphatic rings. The van der Waals surface area contributed by atoms with Gasteiger partial charge in [-0.2, -0.15) is 0 Å². The van der Waals surface area contributed by atoms with E-state index in [2.05, 4.69) is 30.9 Å². The van der Waals surface area contributed by atoms with E-state index in [1.54, 1.807) is 0 Å². The highest BCUT2D eigenvalue weighted by Gasteiger charge is 2.14. The zero-order valence-electron chi connectivity index (χ0n) is 17.4. The lowest BCUT2D eigenvalue weighted by Crippen LogP contribution is -2.27. The summed E-state index contributed by atoms with van der Waals surface area (Å²) in [5.41, 5.74) is 3.91. The third-order valence-electron chi connectivity index (χ3n) is 5.09. The van der Waals surface area contributed by atoms with Crippen molar-refractivity contribution in [3.8, 4) is 5.75 Å². The molecular weight excluding hydrogens is 413 g/mol. The smallest absolute Gasteiger partial charge is 0.137 e. The van der Waals surface area contributed by atoms with E-state index in [9.17, 15) is 0 Å². The van der Waals surface area contributed by atoms with Gasteiger partial charge < -0.3 is 9.64 Å². The molecule has 0 amide bonds. The maximum atomic E-state index is 6.88. The summed E-state index contributed by atoms with van der Waals surface area (Å²) in [5, 5.41) is 1.27. The van der Waals surface area contributed by atoms with Crippen molar-refractivity contribution < 1.29 is 4.74 Å². The predicted molar refractivity (Wildman–Crippen MR) is 129 cm³/mol. The normalized spacial score (nSPS) is 12.0. The minimum Gasteiger partial charge on any atom is -0.491 e. The van der Waals surface area contributed by atoms with Crippen molar-refractivity contribution in [1.29, 1.82) is 0 Å². The monoisotopic (exact) mass is 439 g/mol. The van der Waals surface area contributed by atoms with E-state index >= 15 is 0 Å². The molecular formula is C26H27Cl2NO. The second-order valence-electron chi connectivity index (χ2n) is 6.94. The fourth-order valence-electron chi connectivity index (χ4n) is 3.35. The molecule has 3 aromatic rings. The lowest BCUT2D eigenvalue weighted by atomic mass is 9.95. The molecule has 156 valence electrons. The predicted octanol–water partition coefficient (Wildman–Crippen LogP) is 7.22. The van der Waals surface area contributed by atoms with Crippen molar-refractivity contribution in [2.24, 2.45) is 0 Å². The van der Waals surface area contributed by atoms with Crippen LogP contribution in [0.15, 0.2) is 78.9 Å². The molecule has 0 aliphatic carbocycles. The molecule has 3 rings (SSSR count). The number of hydrogen-bond donors (Lipinski definition) is 0. The molecule has 0 saturated heterocycles. The van der Waals surface area contributed by atoms with Crippen LogP contribution in [0.1, 0.15) is 30.5 Å². The molecule has 0 saturated carbocycles. The third-order valence-corrected chi connectivity index (χ3v) is 5.79. The van der Waals surface area contributed by atoms with Crippen LogP contribution in [0, 0.1) is 0 Å². The van der Waals surface area contributed by atoms with Crippen LogP contribution in [-0.4, -0.2) is 31.1 Å². The van der Waals surface area contributed by atoms with Crippen molar-refractivity contribution in [2.45, 2.75) is 13.8 Å². The first-order valence-corrected chi connectivity index (χ1v) is 11.0. The molecule has 0 bridgehead atoms. The van der Waals surface area contributed by atoms with E-state index in [0.717, 1.165) is 41.9 Å². The van der Waals surface area contributed by atoms with Crippen molar-refractivity contribution in [2.75, 3.05) is 26.2 Å². The summed E-state index contributed by atoms with van der Waals surface area (Å²) in [5.74, 6) is 0.691. The fourth-order valence-corrected chi connectivity index (χ4v) is 3.93. The minimum absolute atomic E-state index is 0.581. The van der Waals surface area contributed by atoms with Crippen LogP contribution in [-0.2, 0) is 0 Å². The largest absolute Gasteiger partial charge is 0.491 e. The van der Waals surface area contributed by atoms with Crippen LogP contribution in [0.2, 0.25) is 5.02 Å². The van der Waals surface area contributed by atoms with Gasteiger partial charge in [0.05, 0.1) is 10.1 Å².